The highest BCUT2D eigenvalue weighted by Crippen LogP contribution is 2.27. The Hall–Kier alpha value is -2.29. The zero-order valence-corrected chi connectivity index (χ0v) is 11.3. The minimum absolute atomic E-state index is 0.324. The van der Waals surface area contributed by atoms with E-state index >= 15 is 0 Å². The molecule has 19 heavy (non-hydrogen) atoms. The summed E-state index contributed by atoms with van der Waals surface area (Å²) in [6.07, 6.45) is 0. The van der Waals surface area contributed by atoms with Crippen molar-refractivity contribution < 1.29 is 9.90 Å². The molecule has 2 aromatic carbocycles. The van der Waals surface area contributed by atoms with E-state index in [-0.39, 0.29) is 0 Å². The molecule has 98 valence electrons. The minimum atomic E-state index is -0.895. The van der Waals surface area contributed by atoms with Crippen molar-refractivity contribution in [2.24, 2.45) is 0 Å². The third-order valence-corrected chi connectivity index (χ3v) is 3.18. The van der Waals surface area contributed by atoms with Crippen LogP contribution >= 0.6 is 0 Å². The fraction of sp³-hybridized carbons (Fsp3) is 0.188. The number of carboxylic acid groups (broad SMARTS) is 1. The van der Waals surface area contributed by atoms with Crippen LogP contribution in [0.3, 0.4) is 0 Å². The van der Waals surface area contributed by atoms with Crippen LogP contribution < -0.4 is 5.32 Å². The molecule has 0 amide bonds. The first-order chi connectivity index (χ1) is 8.99. The maximum absolute atomic E-state index is 11.0. The standard InChI is InChI=1S/C16H17NO2/c1-10-6-4-5-7-14(10)17-15-11(2)8-13(16(18)19)9-12(15)3/h4-9,17H,1-3H3,(H,18,19). The summed E-state index contributed by atoms with van der Waals surface area (Å²) in [5.74, 6) is -0.895. The molecule has 0 radical (unpaired) electrons. The summed E-state index contributed by atoms with van der Waals surface area (Å²) in [5.41, 5.74) is 5.35. The summed E-state index contributed by atoms with van der Waals surface area (Å²) in [6, 6.07) is 11.4. The molecule has 0 saturated heterocycles. The van der Waals surface area contributed by atoms with Gasteiger partial charge in [0.05, 0.1) is 5.56 Å². The molecule has 0 saturated carbocycles. The normalized spacial score (nSPS) is 10.3. The molecule has 0 spiro atoms. The predicted molar refractivity (Wildman–Crippen MR) is 77.3 cm³/mol. The molecule has 2 aromatic rings. The second-order valence-electron chi connectivity index (χ2n) is 4.73. The summed E-state index contributed by atoms with van der Waals surface area (Å²) < 4.78 is 0. The molecule has 3 nitrogen and oxygen atoms in total. The highest BCUT2D eigenvalue weighted by atomic mass is 16.4. The summed E-state index contributed by atoms with van der Waals surface area (Å²) in [5, 5.41) is 12.4. The molecule has 0 heterocycles. The van der Waals surface area contributed by atoms with Gasteiger partial charge in [-0.2, -0.15) is 0 Å². The number of carbonyl (C=O) groups is 1. The number of hydrogen-bond donors (Lipinski definition) is 2. The van der Waals surface area contributed by atoms with Gasteiger partial charge < -0.3 is 10.4 Å². The van der Waals surface area contributed by atoms with Gasteiger partial charge in [-0.05, 0) is 55.7 Å². The summed E-state index contributed by atoms with van der Waals surface area (Å²) >= 11 is 0. The lowest BCUT2D eigenvalue weighted by Gasteiger charge is -2.15. The van der Waals surface area contributed by atoms with Gasteiger partial charge in [0.15, 0.2) is 0 Å². The summed E-state index contributed by atoms with van der Waals surface area (Å²) in [4.78, 5) is 11.0. The van der Waals surface area contributed by atoms with Crippen LogP contribution in [0.1, 0.15) is 27.0 Å². The van der Waals surface area contributed by atoms with E-state index in [0.29, 0.717) is 5.56 Å². The van der Waals surface area contributed by atoms with E-state index in [0.717, 1.165) is 28.1 Å². The van der Waals surface area contributed by atoms with Crippen molar-refractivity contribution in [3.05, 3.63) is 58.7 Å². The van der Waals surface area contributed by atoms with Crippen molar-refractivity contribution in [1.82, 2.24) is 0 Å². The molecule has 2 rings (SSSR count). The van der Waals surface area contributed by atoms with E-state index < -0.39 is 5.97 Å². The fourth-order valence-corrected chi connectivity index (χ4v) is 2.13. The lowest BCUT2D eigenvalue weighted by atomic mass is 10.0. The lowest BCUT2D eigenvalue weighted by molar-refractivity contribution is 0.0696. The first kappa shape index (κ1) is 13.1. The van der Waals surface area contributed by atoms with Crippen LogP contribution in [0.4, 0.5) is 11.4 Å². The van der Waals surface area contributed by atoms with Gasteiger partial charge in [0, 0.05) is 11.4 Å². The molecule has 0 bridgehead atoms. The van der Waals surface area contributed by atoms with E-state index in [1.54, 1.807) is 12.1 Å². The van der Waals surface area contributed by atoms with Gasteiger partial charge in [-0.3, -0.25) is 0 Å². The average Bonchev–Trinajstić information content (AvgIpc) is 2.35. The zero-order valence-electron chi connectivity index (χ0n) is 11.3. The van der Waals surface area contributed by atoms with Crippen molar-refractivity contribution in [2.45, 2.75) is 20.8 Å². The molecular formula is C16H17NO2. The molecule has 0 aliphatic rings. The lowest BCUT2D eigenvalue weighted by Crippen LogP contribution is -2.02. The Balaban J connectivity index is 2.42. The molecule has 0 aliphatic heterocycles. The van der Waals surface area contributed by atoms with Gasteiger partial charge >= 0.3 is 5.97 Å². The Morgan fingerprint density at radius 3 is 2.11 bits per heavy atom. The molecular weight excluding hydrogens is 238 g/mol. The van der Waals surface area contributed by atoms with Crippen molar-refractivity contribution >= 4 is 17.3 Å². The number of hydrogen-bond acceptors (Lipinski definition) is 2. The quantitative estimate of drug-likeness (QED) is 0.869. The SMILES string of the molecule is Cc1ccccc1Nc1c(C)cc(C(=O)O)cc1C. The van der Waals surface area contributed by atoms with Gasteiger partial charge in [-0.15, -0.1) is 0 Å². The largest absolute Gasteiger partial charge is 0.478 e. The van der Waals surface area contributed by atoms with Gasteiger partial charge in [0.1, 0.15) is 0 Å². The highest BCUT2D eigenvalue weighted by Gasteiger charge is 2.10. The van der Waals surface area contributed by atoms with Crippen LogP contribution in [0.5, 0.6) is 0 Å². The van der Waals surface area contributed by atoms with Crippen molar-refractivity contribution in [3.8, 4) is 0 Å². The number of aromatic carboxylic acids is 1. The van der Waals surface area contributed by atoms with E-state index in [1.807, 2.05) is 45.0 Å². The third-order valence-electron chi connectivity index (χ3n) is 3.18. The number of carboxylic acids is 1. The average molecular weight is 255 g/mol. The van der Waals surface area contributed by atoms with Crippen LogP contribution in [-0.4, -0.2) is 11.1 Å². The van der Waals surface area contributed by atoms with Gasteiger partial charge in [0.2, 0.25) is 0 Å². The maximum atomic E-state index is 11.0. The van der Waals surface area contributed by atoms with E-state index in [1.165, 1.54) is 0 Å². The van der Waals surface area contributed by atoms with E-state index in [2.05, 4.69) is 5.32 Å². The first-order valence-corrected chi connectivity index (χ1v) is 6.16. The van der Waals surface area contributed by atoms with Crippen LogP contribution in [0.25, 0.3) is 0 Å². The molecule has 0 aliphatic carbocycles. The first-order valence-electron chi connectivity index (χ1n) is 6.16. The van der Waals surface area contributed by atoms with Gasteiger partial charge in [0.25, 0.3) is 0 Å². The number of aryl methyl sites for hydroxylation is 3. The van der Waals surface area contributed by atoms with Gasteiger partial charge in [-0.25, -0.2) is 4.79 Å². The van der Waals surface area contributed by atoms with Crippen LogP contribution in [0.2, 0.25) is 0 Å². The summed E-state index contributed by atoms with van der Waals surface area (Å²) in [6.45, 7) is 5.87. The Morgan fingerprint density at radius 2 is 1.58 bits per heavy atom. The topological polar surface area (TPSA) is 49.3 Å². The van der Waals surface area contributed by atoms with Crippen LogP contribution in [0.15, 0.2) is 36.4 Å². The van der Waals surface area contributed by atoms with E-state index in [9.17, 15) is 4.79 Å². The van der Waals surface area contributed by atoms with Crippen molar-refractivity contribution in [2.75, 3.05) is 5.32 Å². The molecule has 3 heteroatoms. The molecule has 0 atom stereocenters. The number of para-hydroxylation sites is 1. The smallest absolute Gasteiger partial charge is 0.335 e. The Labute approximate surface area is 112 Å². The van der Waals surface area contributed by atoms with E-state index in [4.69, 9.17) is 5.11 Å². The Bertz CT molecular complexity index is 609. The third kappa shape index (κ3) is 2.76. The molecule has 2 N–H and O–H groups in total. The number of nitrogens with one attached hydrogen (secondary N) is 1. The molecule has 0 unspecified atom stereocenters. The van der Waals surface area contributed by atoms with Gasteiger partial charge in [-0.1, -0.05) is 18.2 Å². The number of rotatable bonds is 3. The van der Waals surface area contributed by atoms with Crippen molar-refractivity contribution in [3.63, 3.8) is 0 Å². The maximum Gasteiger partial charge on any atom is 0.335 e. The molecule has 0 fully saturated rings. The highest BCUT2D eigenvalue weighted by molar-refractivity contribution is 5.89. The minimum Gasteiger partial charge on any atom is -0.478 e. The summed E-state index contributed by atoms with van der Waals surface area (Å²) in [7, 11) is 0. The molecule has 0 aromatic heterocycles. The second-order valence-corrected chi connectivity index (χ2v) is 4.73. The van der Waals surface area contributed by atoms with Crippen LogP contribution in [0, 0.1) is 20.8 Å². The Kier molecular flexibility index (Phi) is 3.56. The number of benzene rings is 2. The monoisotopic (exact) mass is 255 g/mol. The second kappa shape index (κ2) is 5.14. The zero-order chi connectivity index (χ0) is 14.0. The Morgan fingerprint density at radius 1 is 1.00 bits per heavy atom. The number of anilines is 2. The fourth-order valence-electron chi connectivity index (χ4n) is 2.13. The van der Waals surface area contributed by atoms with Crippen molar-refractivity contribution in [1.29, 1.82) is 0 Å². The predicted octanol–water partition coefficient (Wildman–Crippen LogP) is 4.05. The van der Waals surface area contributed by atoms with Crippen LogP contribution in [-0.2, 0) is 0 Å².